The zero-order valence-electron chi connectivity index (χ0n) is 11.5. The number of hydrogen-bond acceptors (Lipinski definition) is 4. The minimum absolute atomic E-state index is 0.0845. The maximum absolute atomic E-state index is 11.9. The average molecular weight is 405 g/mol. The molecule has 0 spiro atoms. The van der Waals surface area contributed by atoms with Crippen molar-refractivity contribution < 1.29 is 13.9 Å². The van der Waals surface area contributed by atoms with Crippen molar-refractivity contribution in [2.75, 3.05) is 0 Å². The van der Waals surface area contributed by atoms with Gasteiger partial charge in [-0.25, -0.2) is 9.78 Å². The predicted octanol–water partition coefficient (Wildman–Crippen LogP) is 4.30. The lowest BCUT2D eigenvalue weighted by Crippen LogP contribution is -2.05. The lowest BCUT2D eigenvalue weighted by molar-refractivity contribution is 0.0467. The summed E-state index contributed by atoms with van der Waals surface area (Å²) in [6.07, 6.45) is 1.50. The topological polar surface area (TPSA) is 52.3 Å². The van der Waals surface area contributed by atoms with Gasteiger partial charge in [0.15, 0.2) is 0 Å². The third-order valence-corrected chi connectivity index (χ3v) is 3.72. The molecule has 3 aromatic rings. The summed E-state index contributed by atoms with van der Waals surface area (Å²) in [5, 5.41) is 0. The van der Waals surface area contributed by atoms with Gasteiger partial charge < -0.3 is 9.15 Å². The zero-order valence-corrected chi connectivity index (χ0v) is 13.7. The largest absolute Gasteiger partial charge is 0.455 e. The first-order valence-corrected chi connectivity index (χ1v) is 7.73. The third kappa shape index (κ3) is 3.54. The molecule has 0 radical (unpaired) electrons. The van der Waals surface area contributed by atoms with E-state index in [2.05, 4.69) is 27.6 Å². The Balaban J connectivity index is 1.64. The SMILES string of the molecule is O=C(OCc1coc(-c2ccccc2)n1)c1ccc(I)cc1. The predicted molar refractivity (Wildman–Crippen MR) is 90.2 cm³/mol. The van der Waals surface area contributed by atoms with E-state index in [4.69, 9.17) is 9.15 Å². The van der Waals surface area contributed by atoms with Crippen LogP contribution in [0.5, 0.6) is 0 Å². The Kier molecular flexibility index (Phi) is 4.53. The minimum Gasteiger partial charge on any atom is -0.455 e. The molecule has 0 atom stereocenters. The van der Waals surface area contributed by atoms with Crippen LogP contribution in [0.25, 0.3) is 11.5 Å². The van der Waals surface area contributed by atoms with E-state index >= 15 is 0 Å². The number of benzene rings is 2. The van der Waals surface area contributed by atoms with Crippen LogP contribution in [0.1, 0.15) is 16.1 Å². The Hall–Kier alpha value is -2.15. The fraction of sp³-hybridized carbons (Fsp3) is 0.0588. The molecule has 0 bridgehead atoms. The number of rotatable bonds is 4. The maximum Gasteiger partial charge on any atom is 0.338 e. The molecule has 2 aromatic carbocycles. The molecule has 22 heavy (non-hydrogen) atoms. The van der Waals surface area contributed by atoms with Crippen LogP contribution in [0.15, 0.2) is 65.3 Å². The van der Waals surface area contributed by atoms with E-state index < -0.39 is 0 Å². The van der Waals surface area contributed by atoms with Crippen LogP contribution in [-0.4, -0.2) is 11.0 Å². The molecule has 4 nitrogen and oxygen atoms in total. The molecule has 0 amide bonds. The summed E-state index contributed by atoms with van der Waals surface area (Å²) >= 11 is 2.18. The van der Waals surface area contributed by atoms with Crippen molar-refractivity contribution in [2.24, 2.45) is 0 Å². The second-order valence-corrected chi connectivity index (χ2v) is 5.84. The van der Waals surface area contributed by atoms with E-state index in [1.165, 1.54) is 6.26 Å². The van der Waals surface area contributed by atoms with Crippen LogP contribution in [0.4, 0.5) is 0 Å². The Morgan fingerprint density at radius 1 is 1.09 bits per heavy atom. The molecule has 0 aliphatic heterocycles. The zero-order chi connectivity index (χ0) is 15.4. The molecule has 0 N–H and O–H groups in total. The number of hydrogen-bond donors (Lipinski definition) is 0. The summed E-state index contributed by atoms with van der Waals surface area (Å²) in [5.41, 5.74) is 1.99. The summed E-state index contributed by atoms with van der Waals surface area (Å²) in [4.78, 5) is 16.2. The quantitative estimate of drug-likeness (QED) is 0.480. The van der Waals surface area contributed by atoms with Gasteiger partial charge in [0.05, 0.1) is 5.56 Å². The van der Waals surface area contributed by atoms with Crippen molar-refractivity contribution in [2.45, 2.75) is 6.61 Å². The lowest BCUT2D eigenvalue weighted by atomic mass is 10.2. The minimum atomic E-state index is -0.374. The highest BCUT2D eigenvalue weighted by Crippen LogP contribution is 2.18. The van der Waals surface area contributed by atoms with Crippen molar-refractivity contribution in [1.29, 1.82) is 0 Å². The van der Waals surface area contributed by atoms with Gasteiger partial charge in [0.2, 0.25) is 5.89 Å². The molecule has 0 saturated heterocycles. The molecule has 0 aliphatic rings. The molecule has 0 aliphatic carbocycles. The summed E-state index contributed by atoms with van der Waals surface area (Å²) in [6.45, 7) is 0.0845. The van der Waals surface area contributed by atoms with Crippen LogP contribution < -0.4 is 0 Å². The van der Waals surface area contributed by atoms with Crippen molar-refractivity contribution in [3.05, 3.63) is 75.7 Å². The van der Waals surface area contributed by atoms with Crippen LogP contribution in [-0.2, 0) is 11.3 Å². The van der Waals surface area contributed by atoms with Gasteiger partial charge in [-0.1, -0.05) is 18.2 Å². The maximum atomic E-state index is 11.9. The molecule has 0 unspecified atom stereocenters. The van der Waals surface area contributed by atoms with E-state index in [9.17, 15) is 4.79 Å². The Morgan fingerprint density at radius 2 is 1.82 bits per heavy atom. The second-order valence-electron chi connectivity index (χ2n) is 4.59. The van der Waals surface area contributed by atoms with Gasteiger partial charge in [-0.15, -0.1) is 0 Å². The fourth-order valence-corrected chi connectivity index (χ4v) is 2.25. The Morgan fingerprint density at radius 3 is 2.55 bits per heavy atom. The molecular weight excluding hydrogens is 393 g/mol. The number of aromatic nitrogens is 1. The number of esters is 1. The molecule has 110 valence electrons. The van der Waals surface area contributed by atoms with Gasteiger partial charge in [-0.05, 0) is 59.0 Å². The van der Waals surface area contributed by atoms with Gasteiger partial charge in [-0.3, -0.25) is 0 Å². The van der Waals surface area contributed by atoms with E-state index in [1.807, 2.05) is 42.5 Å². The Bertz CT molecular complexity index is 766. The van der Waals surface area contributed by atoms with Crippen LogP contribution in [0.2, 0.25) is 0 Å². The number of nitrogens with zero attached hydrogens (tertiary/aromatic N) is 1. The summed E-state index contributed by atoms with van der Waals surface area (Å²) in [7, 11) is 0. The van der Waals surface area contributed by atoms with Crippen LogP contribution in [0.3, 0.4) is 0 Å². The van der Waals surface area contributed by atoms with Crippen molar-refractivity contribution >= 4 is 28.6 Å². The van der Waals surface area contributed by atoms with Gasteiger partial charge in [0, 0.05) is 9.13 Å². The van der Waals surface area contributed by atoms with Gasteiger partial charge in [0.25, 0.3) is 0 Å². The highest BCUT2D eigenvalue weighted by Gasteiger charge is 2.10. The summed E-state index contributed by atoms with van der Waals surface area (Å²) in [5.74, 6) is 0.140. The van der Waals surface area contributed by atoms with Gasteiger partial charge >= 0.3 is 5.97 Å². The van der Waals surface area contributed by atoms with Crippen molar-refractivity contribution in [3.8, 4) is 11.5 Å². The molecular formula is C17H12INO3. The second kappa shape index (κ2) is 6.74. The first-order valence-electron chi connectivity index (χ1n) is 6.65. The summed E-state index contributed by atoms with van der Waals surface area (Å²) < 4.78 is 11.7. The summed E-state index contributed by atoms with van der Waals surface area (Å²) in [6, 6.07) is 16.8. The fourth-order valence-electron chi connectivity index (χ4n) is 1.90. The molecule has 1 heterocycles. The van der Waals surface area contributed by atoms with E-state index in [0.29, 0.717) is 17.1 Å². The van der Waals surface area contributed by atoms with E-state index in [-0.39, 0.29) is 12.6 Å². The monoisotopic (exact) mass is 405 g/mol. The highest BCUT2D eigenvalue weighted by molar-refractivity contribution is 14.1. The van der Waals surface area contributed by atoms with Gasteiger partial charge in [0.1, 0.15) is 18.6 Å². The molecule has 0 fully saturated rings. The molecule has 1 aromatic heterocycles. The normalized spacial score (nSPS) is 10.4. The molecule has 5 heteroatoms. The van der Waals surface area contributed by atoms with Crippen LogP contribution in [0, 0.1) is 3.57 Å². The number of ether oxygens (including phenoxy) is 1. The van der Waals surface area contributed by atoms with E-state index in [1.54, 1.807) is 12.1 Å². The number of carbonyl (C=O) groups is 1. The van der Waals surface area contributed by atoms with Gasteiger partial charge in [-0.2, -0.15) is 0 Å². The van der Waals surface area contributed by atoms with E-state index in [0.717, 1.165) is 9.13 Å². The molecule has 0 saturated carbocycles. The number of halogens is 1. The average Bonchev–Trinajstić information content (AvgIpc) is 3.03. The number of carbonyl (C=O) groups excluding carboxylic acids is 1. The van der Waals surface area contributed by atoms with Crippen molar-refractivity contribution in [1.82, 2.24) is 4.98 Å². The third-order valence-electron chi connectivity index (χ3n) is 3.00. The molecule has 3 rings (SSSR count). The first-order chi connectivity index (χ1) is 10.7. The van der Waals surface area contributed by atoms with Crippen LogP contribution >= 0.6 is 22.6 Å². The highest BCUT2D eigenvalue weighted by atomic mass is 127. The standard InChI is InChI=1S/C17H12INO3/c18-14-8-6-13(7-9-14)17(20)22-11-15-10-21-16(19-15)12-4-2-1-3-5-12/h1-10H,11H2. The number of oxazole rings is 1. The smallest absolute Gasteiger partial charge is 0.338 e. The Labute approximate surface area is 141 Å². The van der Waals surface area contributed by atoms with Crippen molar-refractivity contribution in [3.63, 3.8) is 0 Å². The first kappa shape index (κ1) is 14.8. The lowest BCUT2D eigenvalue weighted by Gasteiger charge is -2.02.